The van der Waals surface area contributed by atoms with Gasteiger partial charge in [0.15, 0.2) is 0 Å². The van der Waals surface area contributed by atoms with Crippen molar-refractivity contribution in [3.05, 3.63) is 23.0 Å². The number of piperidine rings is 1. The van der Waals surface area contributed by atoms with Crippen molar-refractivity contribution in [1.82, 2.24) is 9.47 Å². The molecule has 0 bridgehead atoms. The molecule has 0 aromatic carbocycles. The van der Waals surface area contributed by atoms with Crippen LogP contribution in [0.25, 0.3) is 0 Å². The van der Waals surface area contributed by atoms with Gasteiger partial charge in [-0.05, 0) is 46.6 Å². The van der Waals surface area contributed by atoms with Crippen LogP contribution in [0, 0.1) is 19.8 Å². The molecule has 2 heterocycles. The summed E-state index contributed by atoms with van der Waals surface area (Å²) in [5.74, 6) is -0.268. The number of hydrogen-bond acceptors (Lipinski definition) is 2. The second-order valence-corrected chi connectivity index (χ2v) is 6.22. The van der Waals surface area contributed by atoms with Gasteiger partial charge in [-0.15, -0.1) is 0 Å². The molecule has 1 aliphatic rings. The van der Waals surface area contributed by atoms with E-state index >= 15 is 0 Å². The van der Waals surface area contributed by atoms with E-state index in [4.69, 9.17) is 5.73 Å². The molecule has 1 fully saturated rings. The normalized spacial score (nSPS) is 16.5. The van der Waals surface area contributed by atoms with Crippen molar-refractivity contribution in [2.45, 2.75) is 46.6 Å². The first-order chi connectivity index (χ1) is 9.82. The molecular formula is C16H25N3O2. The Morgan fingerprint density at radius 1 is 1.24 bits per heavy atom. The van der Waals surface area contributed by atoms with E-state index in [9.17, 15) is 9.59 Å². The highest BCUT2D eigenvalue weighted by Crippen LogP contribution is 2.24. The number of likely N-dealkylation sites (tertiary alicyclic amines) is 1. The van der Waals surface area contributed by atoms with E-state index in [1.54, 1.807) is 0 Å². The minimum absolute atomic E-state index is 0.0675. The highest BCUT2D eigenvalue weighted by Gasteiger charge is 2.28. The van der Waals surface area contributed by atoms with Gasteiger partial charge in [-0.3, -0.25) is 9.59 Å². The molecule has 1 saturated heterocycles. The van der Waals surface area contributed by atoms with Crippen LogP contribution in [0.1, 0.15) is 54.5 Å². The molecule has 2 N–H and O–H groups in total. The Balaban J connectivity index is 2.15. The molecule has 21 heavy (non-hydrogen) atoms. The second-order valence-electron chi connectivity index (χ2n) is 6.22. The molecule has 0 radical (unpaired) electrons. The van der Waals surface area contributed by atoms with Crippen molar-refractivity contribution in [2.75, 3.05) is 13.1 Å². The molecule has 0 atom stereocenters. The first-order valence-corrected chi connectivity index (χ1v) is 7.60. The highest BCUT2D eigenvalue weighted by molar-refractivity contribution is 5.96. The first-order valence-electron chi connectivity index (χ1n) is 7.60. The summed E-state index contributed by atoms with van der Waals surface area (Å²) >= 11 is 0. The number of amides is 2. The number of aryl methyl sites for hydroxylation is 1. The lowest BCUT2D eigenvalue weighted by Crippen LogP contribution is -2.41. The van der Waals surface area contributed by atoms with Gasteiger partial charge in [-0.2, -0.15) is 0 Å². The Morgan fingerprint density at radius 3 is 2.24 bits per heavy atom. The minimum atomic E-state index is -0.250. The van der Waals surface area contributed by atoms with Gasteiger partial charge in [0.1, 0.15) is 0 Å². The quantitative estimate of drug-likeness (QED) is 0.925. The van der Waals surface area contributed by atoms with Gasteiger partial charge in [-0.25, -0.2) is 0 Å². The Hall–Kier alpha value is -1.78. The summed E-state index contributed by atoms with van der Waals surface area (Å²) in [6.07, 6.45) is 1.34. The standard InChI is InChI=1S/C16H25N3O2/c1-10(2)19-11(3)9-14(12(19)4)16(21)18-7-5-13(6-8-18)15(17)20/h9-10,13H,5-8H2,1-4H3,(H2,17,20). The van der Waals surface area contributed by atoms with Crippen molar-refractivity contribution >= 4 is 11.8 Å². The van der Waals surface area contributed by atoms with Gasteiger partial charge < -0.3 is 15.2 Å². The van der Waals surface area contributed by atoms with Gasteiger partial charge in [-0.1, -0.05) is 0 Å². The van der Waals surface area contributed by atoms with Crippen molar-refractivity contribution in [3.8, 4) is 0 Å². The molecular weight excluding hydrogens is 266 g/mol. The molecule has 0 unspecified atom stereocenters. The Labute approximate surface area is 126 Å². The van der Waals surface area contributed by atoms with Crippen LogP contribution >= 0.6 is 0 Å². The lowest BCUT2D eigenvalue weighted by atomic mass is 9.96. The number of carbonyl (C=O) groups is 2. The SMILES string of the molecule is Cc1cc(C(=O)N2CCC(C(N)=O)CC2)c(C)n1C(C)C. The first kappa shape index (κ1) is 15.6. The van der Waals surface area contributed by atoms with Gasteiger partial charge in [0.2, 0.25) is 5.91 Å². The van der Waals surface area contributed by atoms with Crippen LogP contribution in [0.4, 0.5) is 0 Å². The smallest absolute Gasteiger partial charge is 0.255 e. The van der Waals surface area contributed by atoms with Gasteiger partial charge >= 0.3 is 0 Å². The summed E-state index contributed by atoms with van der Waals surface area (Å²) in [6, 6.07) is 2.31. The van der Waals surface area contributed by atoms with Gasteiger partial charge in [0.25, 0.3) is 5.91 Å². The predicted molar refractivity (Wildman–Crippen MR) is 82.1 cm³/mol. The fourth-order valence-corrected chi connectivity index (χ4v) is 3.33. The molecule has 1 aliphatic heterocycles. The maximum absolute atomic E-state index is 12.7. The molecule has 5 nitrogen and oxygen atoms in total. The molecule has 2 amide bonds. The maximum atomic E-state index is 12.7. The van der Waals surface area contributed by atoms with Crippen LogP contribution in [0.3, 0.4) is 0 Å². The summed E-state index contributed by atoms with van der Waals surface area (Å²) in [4.78, 5) is 25.7. The minimum Gasteiger partial charge on any atom is -0.369 e. The third-order valence-corrected chi connectivity index (χ3v) is 4.42. The van der Waals surface area contributed by atoms with E-state index in [2.05, 4.69) is 18.4 Å². The summed E-state index contributed by atoms with van der Waals surface area (Å²) in [5.41, 5.74) is 8.24. The molecule has 116 valence electrons. The molecule has 0 saturated carbocycles. The lowest BCUT2D eigenvalue weighted by Gasteiger charge is -2.30. The van der Waals surface area contributed by atoms with E-state index in [-0.39, 0.29) is 17.7 Å². The van der Waals surface area contributed by atoms with Crippen molar-refractivity contribution in [2.24, 2.45) is 11.7 Å². The van der Waals surface area contributed by atoms with Crippen LogP contribution < -0.4 is 5.73 Å². The number of carbonyl (C=O) groups excluding carboxylic acids is 2. The van der Waals surface area contributed by atoms with Gasteiger partial charge in [0, 0.05) is 36.4 Å². The molecule has 2 rings (SSSR count). The average Bonchev–Trinajstić information content (AvgIpc) is 2.73. The fraction of sp³-hybridized carbons (Fsp3) is 0.625. The summed E-state index contributed by atoms with van der Waals surface area (Å²) in [6.45, 7) is 9.48. The number of nitrogens with zero attached hydrogens (tertiary/aromatic N) is 2. The zero-order valence-corrected chi connectivity index (χ0v) is 13.3. The van der Waals surface area contributed by atoms with Crippen LogP contribution in [0.5, 0.6) is 0 Å². The monoisotopic (exact) mass is 291 g/mol. The van der Waals surface area contributed by atoms with E-state index in [1.807, 2.05) is 24.8 Å². The van der Waals surface area contributed by atoms with Crippen LogP contribution in [-0.2, 0) is 4.79 Å². The van der Waals surface area contributed by atoms with E-state index in [1.165, 1.54) is 0 Å². The van der Waals surface area contributed by atoms with Crippen LogP contribution in [-0.4, -0.2) is 34.4 Å². The fourth-order valence-electron chi connectivity index (χ4n) is 3.33. The number of primary amides is 1. The number of rotatable bonds is 3. The Bertz CT molecular complexity index is 552. The van der Waals surface area contributed by atoms with Gasteiger partial charge in [0.05, 0.1) is 5.56 Å². The molecule has 0 aliphatic carbocycles. The zero-order valence-electron chi connectivity index (χ0n) is 13.3. The van der Waals surface area contributed by atoms with Crippen molar-refractivity contribution in [3.63, 3.8) is 0 Å². The summed E-state index contributed by atoms with van der Waals surface area (Å²) in [5, 5.41) is 0. The Morgan fingerprint density at radius 2 is 1.81 bits per heavy atom. The number of aromatic nitrogens is 1. The number of hydrogen-bond donors (Lipinski definition) is 1. The van der Waals surface area contributed by atoms with Crippen LogP contribution in [0.15, 0.2) is 6.07 Å². The zero-order chi connectivity index (χ0) is 15.7. The van der Waals surface area contributed by atoms with E-state index in [0.717, 1.165) is 17.0 Å². The van der Waals surface area contributed by atoms with Crippen molar-refractivity contribution < 1.29 is 9.59 Å². The molecule has 5 heteroatoms. The third kappa shape index (κ3) is 2.96. The van der Waals surface area contributed by atoms with E-state index in [0.29, 0.717) is 32.0 Å². The largest absolute Gasteiger partial charge is 0.369 e. The maximum Gasteiger partial charge on any atom is 0.255 e. The van der Waals surface area contributed by atoms with Crippen molar-refractivity contribution in [1.29, 1.82) is 0 Å². The highest BCUT2D eigenvalue weighted by atomic mass is 16.2. The second kappa shape index (κ2) is 5.92. The topological polar surface area (TPSA) is 68.3 Å². The molecule has 1 aromatic rings. The Kier molecular flexibility index (Phi) is 4.40. The average molecular weight is 291 g/mol. The predicted octanol–water partition coefficient (Wildman–Crippen LogP) is 2.02. The van der Waals surface area contributed by atoms with Crippen LogP contribution in [0.2, 0.25) is 0 Å². The summed E-state index contributed by atoms with van der Waals surface area (Å²) in [7, 11) is 0. The third-order valence-electron chi connectivity index (χ3n) is 4.42. The molecule has 0 spiro atoms. The molecule has 1 aromatic heterocycles. The number of nitrogens with two attached hydrogens (primary N) is 1. The lowest BCUT2D eigenvalue weighted by molar-refractivity contribution is -0.123. The van der Waals surface area contributed by atoms with E-state index < -0.39 is 0 Å². The summed E-state index contributed by atoms with van der Waals surface area (Å²) < 4.78 is 2.18.